The van der Waals surface area contributed by atoms with Gasteiger partial charge in [-0.05, 0) is 30.3 Å². The van der Waals surface area contributed by atoms with E-state index in [9.17, 15) is 9.90 Å². The normalized spacial score (nSPS) is 11.5. The van der Waals surface area contributed by atoms with Crippen LogP contribution in [0.15, 0.2) is 40.9 Å². The predicted molar refractivity (Wildman–Crippen MR) is 90.8 cm³/mol. The maximum atomic E-state index is 11.8. The third-order valence-electron chi connectivity index (χ3n) is 3.66. The zero-order valence-electron chi connectivity index (χ0n) is 11.0. The number of H-pyrrole nitrogens is 1. The maximum Gasteiger partial charge on any atom is 0.338 e. The van der Waals surface area contributed by atoms with Crippen molar-refractivity contribution in [3.05, 3.63) is 51.5 Å². The maximum absolute atomic E-state index is 11.8. The van der Waals surface area contributed by atoms with Gasteiger partial charge in [0.15, 0.2) is 0 Å². The summed E-state index contributed by atoms with van der Waals surface area (Å²) in [6.07, 6.45) is 0. The number of halogens is 2. The van der Waals surface area contributed by atoms with E-state index in [4.69, 9.17) is 11.6 Å². The van der Waals surface area contributed by atoms with Gasteiger partial charge in [-0.3, -0.25) is 0 Å². The number of carboxylic acids is 1. The van der Waals surface area contributed by atoms with E-state index in [-0.39, 0.29) is 5.56 Å². The lowest BCUT2D eigenvalue weighted by molar-refractivity contribution is 0.0701. The number of fused-ring (bicyclic) bond motifs is 4. The minimum atomic E-state index is -0.995. The summed E-state index contributed by atoms with van der Waals surface area (Å²) in [7, 11) is 0. The Labute approximate surface area is 137 Å². The van der Waals surface area contributed by atoms with Crippen molar-refractivity contribution in [3.8, 4) is 0 Å². The van der Waals surface area contributed by atoms with Gasteiger partial charge in [0, 0.05) is 25.8 Å². The molecule has 0 amide bonds. The van der Waals surface area contributed by atoms with Crippen molar-refractivity contribution < 1.29 is 9.90 Å². The molecule has 2 N–H and O–H groups in total. The Morgan fingerprint density at radius 1 is 1.18 bits per heavy atom. The van der Waals surface area contributed by atoms with Crippen LogP contribution in [0, 0.1) is 0 Å². The minimum Gasteiger partial charge on any atom is -0.478 e. The third kappa shape index (κ3) is 1.90. The first-order chi connectivity index (χ1) is 10.5. The lowest BCUT2D eigenvalue weighted by atomic mass is 10.1. The zero-order chi connectivity index (χ0) is 15.4. The second-order valence-corrected chi connectivity index (χ2v) is 6.34. The number of benzene rings is 2. The molecule has 0 fully saturated rings. The Bertz CT molecular complexity index is 1090. The fraction of sp³-hybridized carbons (Fsp3) is 0. The predicted octanol–water partition coefficient (Wildman–Crippen LogP) is 4.98. The number of rotatable bonds is 1. The Balaban J connectivity index is 2.30. The summed E-state index contributed by atoms with van der Waals surface area (Å²) in [5.41, 5.74) is 2.77. The first kappa shape index (κ1) is 13.5. The van der Waals surface area contributed by atoms with Crippen LogP contribution in [-0.2, 0) is 0 Å². The average molecular weight is 376 g/mol. The standard InChI is InChI=1S/C16H8BrClN2O2/c17-7-1-4-11-10(5-7)14-15(19-11)13(16(21)22)9-3-2-8(18)6-12(9)20-14/h1-6,19H,(H,21,22). The van der Waals surface area contributed by atoms with Crippen molar-refractivity contribution in [2.24, 2.45) is 0 Å². The van der Waals surface area contributed by atoms with E-state index in [0.717, 1.165) is 15.4 Å². The van der Waals surface area contributed by atoms with Crippen molar-refractivity contribution in [2.75, 3.05) is 0 Å². The molecule has 6 heteroatoms. The van der Waals surface area contributed by atoms with E-state index in [0.29, 0.717) is 27.0 Å². The number of pyridine rings is 1. The van der Waals surface area contributed by atoms with Crippen LogP contribution in [0.5, 0.6) is 0 Å². The number of hydrogen-bond donors (Lipinski definition) is 2. The van der Waals surface area contributed by atoms with Gasteiger partial charge >= 0.3 is 5.97 Å². The van der Waals surface area contributed by atoms with Crippen LogP contribution in [0.2, 0.25) is 5.02 Å². The molecule has 0 aliphatic heterocycles. The van der Waals surface area contributed by atoms with E-state index >= 15 is 0 Å². The molecule has 0 bridgehead atoms. The molecule has 0 aliphatic carbocycles. The number of aromatic nitrogens is 2. The Hall–Kier alpha value is -2.11. The third-order valence-corrected chi connectivity index (χ3v) is 4.39. The highest BCUT2D eigenvalue weighted by Crippen LogP contribution is 2.33. The molecule has 2 heterocycles. The Morgan fingerprint density at radius 2 is 2.00 bits per heavy atom. The van der Waals surface area contributed by atoms with Crippen LogP contribution in [-0.4, -0.2) is 21.0 Å². The second kappa shape index (κ2) is 4.69. The van der Waals surface area contributed by atoms with Crippen molar-refractivity contribution in [1.29, 1.82) is 0 Å². The molecule has 4 aromatic rings. The van der Waals surface area contributed by atoms with Crippen LogP contribution in [0.3, 0.4) is 0 Å². The zero-order valence-corrected chi connectivity index (χ0v) is 13.4. The molecule has 2 aromatic heterocycles. The molecule has 4 nitrogen and oxygen atoms in total. The van der Waals surface area contributed by atoms with Gasteiger partial charge in [0.1, 0.15) is 0 Å². The number of carboxylic acid groups (broad SMARTS) is 1. The van der Waals surface area contributed by atoms with Gasteiger partial charge in [0.2, 0.25) is 0 Å². The smallest absolute Gasteiger partial charge is 0.338 e. The van der Waals surface area contributed by atoms with Gasteiger partial charge in [-0.25, -0.2) is 9.78 Å². The summed E-state index contributed by atoms with van der Waals surface area (Å²) in [5.74, 6) is -0.995. The summed E-state index contributed by atoms with van der Waals surface area (Å²) in [5, 5.41) is 11.6. The number of carbonyl (C=O) groups is 1. The molecule has 0 unspecified atom stereocenters. The Morgan fingerprint density at radius 3 is 2.77 bits per heavy atom. The van der Waals surface area contributed by atoms with Crippen molar-refractivity contribution >= 4 is 66.3 Å². The molecule has 4 rings (SSSR count). The number of aromatic carboxylic acids is 1. The summed E-state index contributed by atoms with van der Waals surface area (Å²) < 4.78 is 0.908. The molecular weight excluding hydrogens is 368 g/mol. The molecule has 0 aliphatic rings. The topological polar surface area (TPSA) is 66.0 Å². The van der Waals surface area contributed by atoms with Crippen molar-refractivity contribution in [2.45, 2.75) is 0 Å². The van der Waals surface area contributed by atoms with Crippen LogP contribution in [0.4, 0.5) is 0 Å². The molecule has 0 atom stereocenters. The van der Waals surface area contributed by atoms with Crippen molar-refractivity contribution in [1.82, 2.24) is 9.97 Å². The quantitative estimate of drug-likeness (QED) is 0.493. The molecule has 2 aromatic carbocycles. The summed E-state index contributed by atoms with van der Waals surface area (Å²) in [6.45, 7) is 0. The fourth-order valence-electron chi connectivity index (χ4n) is 2.73. The lowest BCUT2D eigenvalue weighted by Crippen LogP contribution is -2.00. The molecule has 0 saturated heterocycles. The van der Waals surface area contributed by atoms with Gasteiger partial charge in [-0.2, -0.15) is 0 Å². The summed E-state index contributed by atoms with van der Waals surface area (Å²) in [4.78, 5) is 19.5. The van der Waals surface area contributed by atoms with Gasteiger partial charge in [0.25, 0.3) is 0 Å². The number of nitrogens with one attached hydrogen (secondary N) is 1. The van der Waals surface area contributed by atoms with E-state index in [2.05, 4.69) is 25.9 Å². The monoisotopic (exact) mass is 374 g/mol. The SMILES string of the molecule is O=C(O)c1c2ccc(Cl)cc2nc2c1[nH]c1ccc(Br)cc12. The summed E-state index contributed by atoms with van der Waals surface area (Å²) in [6, 6.07) is 10.7. The van der Waals surface area contributed by atoms with Gasteiger partial charge < -0.3 is 10.1 Å². The van der Waals surface area contributed by atoms with Gasteiger partial charge in [-0.15, -0.1) is 0 Å². The van der Waals surface area contributed by atoms with Crippen LogP contribution in [0.1, 0.15) is 10.4 Å². The molecule has 22 heavy (non-hydrogen) atoms. The molecule has 0 saturated carbocycles. The van der Waals surface area contributed by atoms with E-state index in [1.165, 1.54) is 0 Å². The number of aromatic amines is 1. The van der Waals surface area contributed by atoms with E-state index in [1.807, 2.05) is 18.2 Å². The van der Waals surface area contributed by atoms with Crippen molar-refractivity contribution in [3.63, 3.8) is 0 Å². The molecule has 0 radical (unpaired) electrons. The highest BCUT2D eigenvalue weighted by molar-refractivity contribution is 9.10. The highest BCUT2D eigenvalue weighted by Gasteiger charge is 2.19. The average Bonchev–Trinajstić information content (AvgIpc) is 2.81. The van der Waals surface area contributed by atoms with Crippen LogP contribution >= 0.6 is 27.5 Å². The van der Waals surface area contributed by atoms with E-state index < -0.39 is 5.97 Å². The lowest BCUT2D eigenvalue weighted by Gasteiger charge is -2.04. The Kier molecular flexibility index (Phi) is 2.89. The van der Waals surface area contributed by atoms with Crippen LogP contribution < -0.4 is 0 Å². The highest BCUT2D eigenvalue weighted by atomic mass is 79.9. The van der Waals surface area contributed by atoms with Gasteiger partial charge in [0.05, 0.1) is 22.1 Å². The largest absolute Gasteiger partial charge is 0.478 e. The first-order valence-corrected chi connectivity index (χ1v) is 7.65. The van der Waals surface area contributed by atoms with E-state index in [1.54, 1.807) is 18.2 Å². The number of nitrogens with zero attached hydrogens (tertiary/aromatic N) is 1. The molecule has 108 valence electrons. The summed E-state index contributed by atoms with van der Waals surface area (Å²) >= 11 is 9.45. The van der Waals surface area contributed by atoms with Gasteiger partial charge in [-0.1, -0.05) is 33.6 Å². The minimum absolute atomic E-state index is 0.212. The fourth-order valence-corrected chi connectivity index (χ4v) is 3.26. The molecular formula is C16H8BrClN2O2. The number of hydrogen-bond acceptors (Lipinski definition) is 2. The second-order valence-electron chi connectivity index (χ2n) is 4.99. The first-order valence-electron chi connectivity index (χ1n) is 6.48. The molecule has 0 spiro atoms. The van der Waals surface area contributed by atoms with Crippen LogP contribution in [0.25, 0.3) is 32.8 Å².